The van der Waals surface area contributed by atoms with E-state index in [1.807, 2.05) is 0 Å². The third-order valence-corrected chi connectivity index (χ3v) is 3.56. The molecule has 0 heterocycles. The van der Waals surface area contributed by atoms with E-state index < -0.39 is 17.8 Å². The maximum Gasteiger partial charge on any atom is 0.416 e. The minimum Gasteiger partial charge on any atom is -0.355 e. The van der Waals surface area contributed by atoms with Crippen LogP contribution in [0.1, 0.15) is 30.4 Å². The summed E-state index contributed by atoms with van der Waals surface area (Å²) in [5, 5.41) is 7.47. The van der Waals surface area contributed by atoms with Crippen molar-refractivity contribution in [2.24, 2.45) is 0 Å². The number of hydrogen-bond donors (Lipinski definition) is 3. The highest BCUT2D eigenvalue weighted by Crippen LogP contribution is 2.45. The van der Waals surface area contributed by atoms with Gasteiger partial charge in [-0.1, -0.05) is 18.2 Å². The smallest absolute Gasteiger partial charge is 0.355 e. The maximum atomic E-state index is 13.0. The lowest BCUT2D eigenvalue weighted by Crippen LogP contribution is -2.43. The summed E-state index contributed by atoms with van der Waals surface area (Å²) in [5.74, 6) is -0.680. The Bertz CT molecular complexity index is 590. The molecule has 2 rings (SSSR count). The van der Waals surface area contributed by atoms with Gasteiger partial charge in [-0.25, -0.2) is 4.79 Å². The molecule has 1 aliphatic rings. The number of benzene rings is 1. The highest BCUT2D eigenvalue weighted by Gasteiger charge is 2.44. The molecule has 0 aliphatic heterocycles. The van der Waals surface area contributed by atoms with E-state index in [1.54, 1.807) is 13.0 Å². The van der Waals surface area contributed by atoms with Gasteiger partial charge in [0.1, 0.15) is 0 Å². The lowest BCUT2D eigenvalue weighted by Gasteiger charge is -2.13. The molecule has 1 fully saturated rings. The number of amides is 3. The van der Waals surface area contributed by atoms with Gasteiger partial charge in [-0.05, 0) is 25.0 Å². The number of hydrogen-bond acceptors (Lipinski definition) is 2. The first kappa shape index (κ1) is 17.1. The van der Waals surface area contributed by atoms with E-state index in [0.717, 1.165) is 6.07 Å². The Morgan fingerprint density at radius 3 is 2.57 bits per heavy atom. The number of nitrogens with one attached hydrogen (secondary N) is 3. The molecule has 3 N–H and O–H groups in total. The highest BCUT2D eigenvalue weighted by molar-refractivity contribution is 5.84. The summed E-state index contributed by atoms with van der Waals surface area (Å²) in [7, 11) is 0. The lowest BCUT2D eigenvalue weighted by atomic mass is 10.0. The minimum absolute atomic E-state index is 0.170. The van der Waals surface area contributed by atoms with Gasteiger partial charge in [0.05, 0.1) is 12.1 Å². The van der Waals surface area contributed by atoms with E-state index >= 15 is 0 Å². The lowest BCUT2D eigenvalue weighted by molar-refractivity contribution is -0.138. The zero-order valence-corrected chi connectivity index (χ0v) is 12.5. The Labute approximate surface area is 131 Å². The second-order valence-electron chi connectivity index (χ2n) is 5.31. The van der Waals surface area contributed by atoms with Crippen molar-refractivity contribution in [3.63, 3.8) is 0 Å². The van der Waals surface area contributed by atoms with Gasteiger partial charge < -0.3 is 16.0 Å². The summed E-state index contributed by atoms with van der Waals surface area (Å²) in [6.45, 7) is 2.04. The van der Waals surface area contributed by atoms with Crippen LogP contribution < -0.4 is 16.0 Å². The van der Waals surface area contributed by atoms with E-state index in [2.05, 4.69) is 16.0 Å². The van der Waals surface area contributed by atoms with Crippen molar-refractivity contribution in [3.05, 3.63) is 35.4 Å². The first-order valence-electron chi connectivity index (χ1n) is 7.30. The van der Waals surface area contributed by atoms with Crippen LogP contribution in [0, 0.1) is 0 Å². The molecule has 0 spiro atoms. The van der Waals surface area contributed by atoms with Gasteiger partial charge in [0, 0.05) is 18.5 Å². The fourth-order valence-corrected chi connectivity index (χ4v) is 2.42. The molecule has 5 nitrogen and oxygen atoms in total. The average Bonchev–Trinajstić information content (AvgIpc) is 3.23. The van der Waals surface area contributed by atoms with Gasteiger partial charge in [-0.2, -0.15) is 13.2 Å². The first-order valence-corrected chi connectivity index (χ1v) is 7.30. The van der Waals surface area contributed by atoms with Crippen molar-refractivity contribution < 1.29 is 22.8 Å². The predicted octanol–water partition coefficient (Wildman–Crippen LogP) is 2.00. The van der Waals surface area contributed by atoms with Gasteiger partial charge in [-0.15, -0.1) is 0 Å². The van der Waals surface area contributed by atoms with E-state index in [9.17, 15) is 22.8 Å². The van der Waals surface area contributed by atoms with Crippen LogP contribution in [-0.4, -0.2) is 31.1 Å². The van der Waals surface area contributed by atoms with Crippen LogP contribution in [-0.2, 0) is 11.0 Å². The van der Waals surface area contributed by atoms with Crippen molar-refractivity contribution >= 4 is 11.9 Å². The molecule has 1 saturated carbocycles. The third kappa shape index (κ3) is 4.61. The molecule has 0 bridgehead atoms. The normalized spacial score (nSPS) is 19.8. The summed E-state index contributed by atoms with van der Waals surface area (Å²) in [6, 6.07) is 4.45. The molecule has 1 aromatic carbocycles. The summed E-state index contributed by atoms with van der Waals surface area (Å²) in [5.41, 5.74) is -0.481. The predicted molar refractivity (Wildman–Crippen MR) is 77.8 cm³/mol. The second-order valence-corrected chi connectivity index (χ2v) is 5.31. The Kier molecular flexibility index (Phi) is 5.12. The summed E-state index contributed by atoms with van der Waals surface area (Å²) >= 11 is 0. The summed E-state index contributed by atoms with van der Waals surface area (Å²) in [6.07, 6.45) is -3.97. The van der Waals surface area contributed by atoms with Crippen LogP contribution in [0.2, 0.25) is 0 Å². The third-order valence-electron chi connectivity index (χ3n) is 3.56. The minimum atomic E-state index is -4.41. The van der Waals surface area contributed by atoms with E-state index in [-0.39, 0.29) is 30.0 Å². The number of halogens is 3. The molecule has 1 aliphatic carbocycles. The molecular weight excluding hydrogens is 311 g/mol. The Balaban J connectivity index is 1.89. The van der Waals surface area contributed by atoms with Crippen molar-refractivity contribution in [2.45, 2.75) is 31.5 Å². The van der Waals surface area contributed by atoms with Gasteiger partial charge in [0.2, 0.25) is 5.91 Å². The van der Waals surface area contributed by atoms with E-state index in [1.165, 1.54) is 12.1 Å². The maximum absolute atomic E-state index is 13.0. The van der Waals surface area contributed by atoms with Crippen molar-refractivity contribution in [1.82, 2.24) is 16.0 Å². The second kappa shape index (κ2) is 6.89. The number of rotatable bonds is 5. The monoisotopic (exact) mass is 329 g/mol. The zero-order chi connectivity index (χ0) is 17.0. The Morgan fingerprint density at radius 1 is 1.22 bits per heavy atom. The van der Waals surface area contributed by atoms with Gasteiger partial charge in [-0.3, -0.25) is 4.79 Å². The summed E-state index contributed by atoms with van der Waals surface area (Å²) < 4.78 is 38.9. The first-order chi connectivity index (χ1) is 10.8. The molecule has 126 valence electrons. The molecule has 0 radical (unpaired) electrons. The molecule has 3 amide bonds. The SMILES string of the molecule is CCNC(=O)CNC(=O)N[C@H]1C[C@H]1c1ccccc1C(F)(F)F. The Morgan fingerprint density at radius 2 is 1.91 bits per heavy atom. The molecule has 0 unspecified atom stereocenters. The molecular formula is C15H18F3N3O2. The van der Waals surface area contributed by atoms with Crippen LogP contribution in [0.4, 0.5) is 18.0 Å². The molecule has 0 aromatic heterocycles. The number of carbonyl (C=O) groups excluding carboxylic acids is 2. The fourth-order valence-electron chi connectivity index (χ4n) is 2.42. The van der Waals surface area contributed by atoms with Gasteiger partial charge in [0.25, 0.3) is 0 Å². The average molecular weight is 329 g/mol. The van der Waals surface area contributed by atoms with Crippen LogP contribution in [0.3, 0.4) is 0 Å². The van der Waals surface area contributed by atoms with E-state index in [0.29, 0.717) is 13.0 Å². The van der Waals surface area contributed by atoms with E-state index in [4.69, 9.17) is 0 Å². The van der Waals surface area contributed by atoms with Crippen LogP contribution in [0.15, 0.2) is 24.3 Å². The zero-order valence-electron chi connectivity index (χ0n) is 12.5. The quantitative estimate of drug-likeness (QED) is 0.773. The van der Waals surface area contributed by atoms with Crippen molar-refractivity contribution in [2.75, 3.05) is 13.1 Å². The molecule has 0 saturated heterocycles. The molecule has 23 heavy (non-hydrogen) atoms. The number of likely N-dealkylation sites (N-methyl/N-ethyl adjacent to an activating group) is 1. The van der Waals surface area contributed by atoms with Crippen LogP contribution in [0.25, 0.3) is 0 Å². The molecule has 2 atom stereocenters. The van der Waals surface area contributed by atoms with Crippen molar-refractivity contribution in [3.8, 4) is 0 Å². The topological polar surface area (TPSA) is 70.2 Å². The molecule has 1 aromatic rings. The van der Waals surface area contributed by atoms with Crippen molar-refractivity contribution in [1.29, 1.82) is 0 Å². The Hall–Kier alpha value is -2.25. The largest absolute Gasteiger partial charge is 0.416 e. The van der Waals surface area contributed by atoms with Crippen LogP contribution >= 0.6 is 0 Å². The fraction of sp³-hybridized carbons (Fsp3) is 0.467. The number of urea groups is 1. The van der Waals surface area contributed by atoms with Crippen LogP contribution in [0.5, 0.6) is 0 Å². The number of carbonyl (C=O) groups is 2. The standard InChI is InChI=1S/C15H18F3N3O2/c1-2-19-13(22)8-20-14(23)21-12-7-10(12)9-5-3-4-6-11(9)15(16,17)18/h3-6,10,12H,2,7-8H2,1H3,(H,19,22)(H2,20,21,23)/t10-,12-/m0/s1. The highest BCUT2D eigenvalue weighted by atomic mass is 19.4. The summed E-state index contributed by atoms with van der Waals surface area (Å²) in [4.78, 5) is 22.8. The molecule has 8 heteroatoms. The van der Waals surface area contributed by atoms with Gasteiger partial charge in [0.15, 0.2) is 0 Å². The van der Waals surface area contributed by atoms with Gasteiger partial charge >= 0.3 is 12.2 Å². The number of alkyl halides is 3.